The van der Waals surface area contributed by atoms with E-state index in [-0.39, 0.29) is 5.70 Å². The predicted octanol–water partition coefficient (Wildman–Crippen LogP) is 3.36. The highest BCUT2D eigenvalue weighted by Gasteiger charge is 2.34. The van der Waals surface area contributed by atoms with E-state index in [2.05, 4.69) is 11.9 Å². The van der Waals surface area contributed by atoms with Gasteiger partial charge in [0.15, 0.2) is 11.5 Å². The standard InChI is InChI=1S/C20H18N2O4/c1-3-11-26-17-10-9-14(13-18(17)25-2)12-16-19(23)22(20(24)21-16)15-7-5-4-6-8-15/h3-10,12-13H,1,11H2,2H3,(H,21,24)/b16-12+. The summed E-state index contributed by atoms with van der Waals surface area (Å²) in [7, 11) is 1.53. The van der Waals surface area contributed by atoms with Crippen LogP contribution in [0.4, 0.5) is 10.5 Å². The number of amides is 3. The molecule has 1 N–H and O–H groups in total. The van der Waals surface area contributed by atoms with Gasteiger partial charge in [-0.05, 0) is 35.9 Å². The number of carbonyl (C=O) groups excluding carboxylic acids is 2. The SMILES string of the molecule is C=CCOc1ccc(/C=C2/NC(=O)N(c3ccccc3)C2=O)cc1OC. The lowest BCUT2D eigenvalue weighted by Gasteiger charge is -2.11. The number of methoxy groups -OCH3 is 1. The summed E-state index contributed by atoms with van der Waals surface area (Å²) in [6.45, 7) is 3.97. The lowest BCUT2D eigenvalue weighted by Crippen LogP contribution is -2.30. The largest absolute Gasteiger partial charge is 0.493 e. The first-order chi connectivity index (χ1) is 12.6. The van der Waals surface area contributed by atoms with E-state index in [0.29, 0.717) is 29.4 Å². The minimum Gasteiger partial charge on any atom is -0.493 e. The van der Waals surface area contributed by atoms with Gasteiger partial charge in [0.2, 0.25) is 0 Å². The molecule has 0 unspecified atom stereocenters. The van der Waals surface area contributed by atoms with Gasteiger partial charge in [-0.1, -0.05) is 36.9 Å². The van der Waals surface area contributed by atoms with Crippen LogP contribution in [0.2, 0.25) is 0 Å². The molecule has 3 amide bonds. The van der Waals surface area contributed by atoms with Gasteiger partial charge in [0.25, 0.3) is 5.91 Å². The Balaban J connectivity index is 1.87. The lowest BCUT2D eigenvalue weighted by atomic mass is 10.1. The Hall–Kier alpha value is -3.54. The molecule has 0 atom stereocenters. The van der Waals surface area contributed by atoms with Crippen molar-refractivity contribution in [2.45, 2.75) is 0 Å². The smallest absolute Gasteiger partial charge is 0.333 e. The summed E-state index contributed by atoms with van der Waals surface area (Å²) >= 11 is 0. The maximum atomic E-state index is 12.6. The Labute approximate surface area is 151 Å². The molecule has 6 nitrogen and oxygen atoms in total. The Morgan fingerprint density at radius 3 is 2.58 bits per heavy atom. The Bertz CT molecular complexity index is 875. The van der Waals surface area contributed by atoms with Crippen molar-refractivity contribution in [1.82, 2.24) is 5.32 Å². The van der Waals surface area contributed by atoms with Gasteiger partial charge < -0.3 is 14.8 Å². The van der Waals surface area contributed by atoms with Crippen LogP contribution in [-0.2, 0) is 4.79 Å². The van der Waals surface area contributed by atoms with Gasteiger partial charge in [0, 0.05) is 0 Å². The van der Waals surface area contributed by atoms with Crippen molar-refractivity contribution in [2.24, 2.45) is 0 Å². The maximum Gasteiger partial charge on any atom is 0.333 e. The van der Waals surface area contributed by atoms with Crippen LogP contribution in [0.1, 0.15) is 5.56 Å². The fourth-order valence-electron chi connectivity index (χ4n) is 2.56. The number of para-hydroxylation sites is 1. The quantitative estimate of drug-likeness (QED) is 0.493. The van der Waals surface area contributed by atoms with Crippen LogP contribution in [-0.4, -0.2) is 25.7 Å². The molecule has 1 heterocycles. The molecule has 0 bridgehead atoms. The van der Waals surface area contributed by atoms with Crippen molar-refractivity contribution < 1.29 is 19.1 Å². The summed E-state index contributed by atoms with van der Waals surface area (Å²) in [4.78, 5) is 25.9. The zero-order valence-electron chi connectivity index (χ0n) is 14.3. The number of hydrogen-bond acceptors (Lipinski definition) is 4. The average molecular weight is 350 g/mol. The topological polar surface area (TPSA) is 67.9 Å². The molecule has 3 rings (SSSR count). The van der Waals surface area contributed by atoms with Gasteiger partial charge in [-0.3, -0.25) is 4.79 Å². The molecule has 0 aromatic heterocycles. The fraction of sp³-hybridized carbons (Fsp3) is 0.100. The third kappa shape index (κ3) is 3.44. The third-order valence-corrected chi connectivity index (χ3v) is 3.75. The summed E-state index contributed by atoms with van der Waals surface area (Å²) in [5.74, 6) is 0.687. The third-order valence-electron chi connectivity index (χ3n) is 3.75. The molecule has 2 aromatic rings. The van der Waals surface area contributed by atoms with Gasteiger partial charge >= 0.3 is 6.03 Å². The number of rotatable bonds is 6. The maximum absolute atomic E-state index is 12.6. The van der Waals surface area contributed by atoms with Crippen LogP contribution in [0.25, 0.3) is 6.08 Å². The van der Waals surface area contributed by atoms with Crippen molar-refractivity contribution in [3.8, 4) is 11.5 Å². The van der Waals surface area contributed by atoms with Crippen molar-refractivity contribution in [1.29, 1.82) is 0 Å². The first-order valence-corrected chi connectivity index (χ1v) is 7.98. The Morgan fingerprint density at radius 1 is 1.12 bits per heavy atom. The molecule has 1 aliphatic rings. The number of nitrogens with zero attached hydrogens (tertiary/aromatic N) is 1. The molecule has 1 fully saturated rings. The van der Waals surface area contributed by atoms with E-state index < -0.39 is 11.9 Å². The molecule has 0 saturated carbocycles. The molecule has 1 aliphatic heterocycles. The molecule has 26 heavy (non-hydrogen) atoms. The van der Waals surface area contributed by atoms with E-state index in [1.165, 1.54) is 7.11 Å². The van der Waals surface area contributed by atoms with Crippen molar-refractivity contribution in [3.05, 3.63) is 72.4 Å². The van der Waals surface area contributed by atoms with Crippen LogP contribution in [0.15, 0.2) is 66.9 Å². The number of benzene rings is 2. The molecule has 6 heteroatoms. The number of imide groups is 1. The van der Waals surface area contributed by atoms with Crippen LogP contribution in [0, 0.1) is 0 Å². The van der Waals surface area contributed by atoms with E-state index in [0.717, 1.165) is 4.90 Å². The molecule has 0 radical (unpaired) electrons. The number of urea groups is 1. The van der Waals surface area contributed by atoms with E-state index in [9.17, 15) is 9.59 Å². The van der Waals surface area contributed by atoms with Gasteiger partial charge in [-0.25, -0.2) is 9.69 Å². The summed E-state index contributed by atoms with van der Waals surface area (Å²) in [5, 5.41) is 2.60. The molecule has 1 saturated heterocycles. The summed E-state index contributed by atoms with van der Waals surface area (Å²) in [6.07, 6.45) is 3.24. The van der Waals surface area contributed by atoms with Gasteiger partial charge in [-0.15, -0.1) is 0 Å². The number of hydrogen-bond donors (Lipinski definition) is 1. The number of nitrogens with one attached hydrogen (secondary N) is 1. The minimum atomic E-state index is -0.481. The number of ether oxygens (including phenoxy) is 2. The lowest BCUT2D eigenvalue weighted by molar-refractivity contribution is -0.113. The highest BCUT2D eigenvalue weighted by atomic mass is 16.5. The van der Waals surface area contributed by atoms with E-state index in [1.54, 1.807) is 54.6 Å². The summed E-state index contributed by atoms with van der Waals surface area (Å²) in [5.41, 5.74) is 1.41. The summed E-state index contributed by atoms with van der Waals surface area (Å²) < 4.78 is 10.8. The highest BCUT2D eigenvalue weighted by Crippen LogP contribution is 2.29. The van der Waals surface area contributed by atoms with Gasteiger partial charge in [0.05, 0.1) is 12.8 Å². The second-order valence-corrected chi connectivity index (χ2v) is 5.47. The number of carbonyl (C=O) groups is 2. The summed E-state index contributed by atoms with van der Waals surface area (Å²) in [6, 6.07) is 13.5. The average Bonchev–Trinajstić information content (AvgIpc) is 2.94. The Kier molecular flexibility index (Phi) is 5.03. The van der Waals surface area contributed by atoms with Crippen molar-refractivity contribution >= 4 is 23.7 Å². The number of anilines is 1. The second-order valence-electron chi connectivity index (χ2n) is 5.47. The fourth-order valence-corrected chi connectivity index (χ4v) is 2.56. The molecular formula is C20H18N2O4. The molecular weight excluding hydrogens is 332 g/mol. The highest BCUT2D eigenvalue weighted by molar-refractivity contribution is 6.28. The first-order valence-electron chi connectivity index (χ1n) is 7.98. The van der Waals surface area contributed by atoms with Crippen LogP contribution >= 0.6 is 0 Å². The van der Waals surface area contributed by atoms with Crippen LogP contribution in [0.5, 0.6) is 11.5 Å². The first kappa shape index (κ1) is 17.3. The van der Waals surface area contributed by atoms with Crippen molar-refractivity contribution in [2.75, 3.05) is 18.6 Å². The molecule has 2 aromatic carbocycles. The zero-order chi connectivity index (χ0) is 18.5. The van der Waals surface area contributed by atoms with Crippen LogP contribution < -0.4 is 19.7 Å². The molecule has 132 valence electrons. The molecule has 0 aliphatic carbocycles. The predicted molar refractivity (Wildman–Crippen MR) is 99.1 cm³/mol. The zero-order valence-corrected chi connectivity index (χ0v) is 14.3. The second kappa shape index (κ2) is 7.57. The monoisotopic (exact) mass is 350 g/mol. The van der Waals surface area contributed by atoms with Gasteiger partial charge in [0.1, 0.15) is 12.3 Å². The molecule has 0 spiro atoms. The van der Waals surface area contributed by atoms with Crippen molar-refractivity contribution in [3.63, 3.8) is 0 Å². The minimum absolute atomic E-state index is 0.195. The van der Waals surface area contributed by atoms with Crippen LogP contribution in [0.3, 0.4) is 0 Å². The Morgan fingerprint density at radius 2 is 1.88 bits per heavy atom. The van der Waals surface area contributed by atoms with Gasteiger partial charge in [-0.2, -0.15) is 0 Å². The van der Waals surface area contributed by atoms with E-state index in [4.69, 9.17) is 9.47 Å². The van der Waals surface area contributed by atoms with E-state index >= 15 is 0 Å². The normalized spacial score (nSPS) is 15.1. The van der Waals surface area contributed by atoms with E-state index in [1.807, 2.05) is 6.07 Å².